The van der Waals surface area contributed by atoms with E-state index in [1.807, 2.05) is 44.9 Å². The maximum Gasteiger partial charge on any atom is 0.407 e. The van der Waals surface area contributed by atoms with E-state index in [2.05, 4.69) is 51.7 Å². The lowest BCUT2D eigenvalue weighted by Gasteiger charge is -2.33. The fraction of sp³-hybridized carbons (Fsp3) is 0.500. The number of methoxy groups -OCH3 is 1. The number of aromatic amines is 2. The van der Waals surface area contributed by atoms with E-state index in [0.717, 1.165) is 82.9 Å². The summed E-state index contributed by atoms with van der Waals surface area (Å²) in [5.74, 6) is 0.901. The molecule has 2 saturated heterocycles. The van der Waals surface area contributed by atoms with E-state index in [4.69, 9.17) is 14.7 Å². The van der Waals surface area contributed by atoms with E-state index in [1.165, 1.54) is 19.7 Å². The number of nitrogens with zero attached hydrogens (tertiary/aromatic N) is 5. The van der Waals surface area contributed by atoms with Crippen molar-refractivity contribution in [3.05, 3.63) is 71.6 Å². The lowest BCUT2D eigenvalue weighted by molar-refractivity contribution is -0.138. The van der Waals surface area contributed by atoms with E-state index < -0.39 is 24.3 Å². The van der Waals surface area contributed by atoms with Gasteiger partial charge in [0.1, 0.15) is 23.7 Å². The van der Waals surface area contributed by atoms with Crippen LogP contribution in [-0.4, -0.2) is 103 Å². The molecule has 2 aliphatic heterocycles. The fourth-order valence-corrected chi connectivity index (χ4v) is 7.87. The van der Waals surface area contributed by atoms with Crippen LogP contribution in [0.1, 0.15) is 88.4 Å². The Morgan fingerprint density at radius 1 is 0.889 bits per heavy atom. The fourth-order valence-electron chi connectivity index (χ4n) is 7.87. The SMILES string of the molecule is COC(=O)N[C@H](C(=O)N1CCC[C@H]1c1nc2cc(-c3ccc(CCc4c[nH]c([C@@H]5CCCN5C(=O)[C@H](C(C)C)N(C)C(=O)O)n4)cc3)ccc2[nH]1)C(C)C. The van der Waals surface area contributed by atoms with Gasteiger partial charge in [-0.15, -0.1) is 0 Å². The Morgan fingerprint density at radius 3 is 2.17 bits per heavy atom. The first-order valence-corrected chi connectivity index (χ1v) is 18.9. The number of likely N-dealkylation sites (N-methyl/N-ethyl adjacent to an activating group) is 1. The zero-order chi connectivity index (χ0) is 38.7. The zero-order valence-corrected chi connectivity index (χ0v) is 32.0. The number of alkyl carbamates (subject to hydrolysis) is 1. The first-order valence-electron chi connectivity index (χ1n) is 18.9. The van der Waals surface area contributed by atoms with Gasteiger partial charge in [0.15, 0.2) is 0 Å². The summed E-state index contributed by atoms with van der Waals surface area (Å²) in [5, 5.41) is 12.3. The van der Waals surface area contributed by atoms with Crippen molar-refractivity contribution in [1.29, 1.82) is 0 Å². The van der Waals surface area contributed by atoms with Crippen molar-refractivity contribution in [1.82, 2.24) is 40.0 Å². The number of ether oxygens (including phenoxy) is 1. The Bertz CT molecular complexity index is 1970. The molecule has 54 heavy (non-hydrogen) atoms. The number of amides is 4. The minimum absolute atomic E-state index is 0.105. The zero-order valence-electron chi connectivity index (χ0n) is 32.0. The van der Waals surface area contributed by atoms with Crippen LogP contribution in [0.5, 0.6) is 0 Å². The smallest absolute Gasteiger partial charge is 0.407 e. The number of carbonyl (C=O) groups is 4. The van der Waals surface area contributed by atoms with E-state index >= 15 is 0 Å². The van der Waals surface area contributed by atoms with Crippen LogP contribution in [0, 0.1) is 11.8 Å². The predicted molar refractivity (Wildman–Crippen MR) is 203 cm³/mol. The second-order valence-electron chi connectivity index (χ2n) is 15.1. The number of imidazole rings is 2. The van der Waals surface area contributed by atoms with Crippen LogP contribution in [-0.2, 0) is 27.2 Å². The summed E-state index contributed by atoms with van der Waals surface area (Å²) in [6.07, 6.45) is 4.94. The van der Waals surface area contributed by atoms with Crippen molar-refractivity contribution in [3.8, 4) is 11.1 Å². The first-order chi connectivity index (χ1) is 25.9. The topological polar surface area (TPSA) is 177 Å². The minimum atomic E-state index is -1.12. The number of nitrogens with one attached hydrogen (secondary N) is 3. The Labute approximate surface area is 315 Å². The van der Waals surface area contributed by atoms with Crippen LogP contribution in [0.3, 0.4) is 0 Å². The molecule has 4 N–H and O–H groups in total. The molecule has 4 amide bonds. The number of rotatable bonds is 12. The number of H-pyrrole nitrogens is 2. The molecule has 0 bridgehead atoms. The van der Waals surface area contributed by atoms with Crippen LogP contribution < -0.4 is 5.32 Å². The molecule has 6 rings (SSSR count). The van der Waals surface area contributed by atoms with E-state index in [9.17, 15) is 24.3 Å². The Balaban J connectivity index is 1.09. The third-order valence-corrected chi connectivity index (χ3v) is 10.8. The quantitative estimate of drug-likeness (QED) is 0.135. The summed E-state index contributed by atoms with van der Waals surface area (Å²) in [6, 6.07) is 12.8. The maximum absolute atomic E-state index is 13.6. The van der Waals surface area contributed by atoms with Gasteiger partial charge in [0.2, 0.25) is 11.8 Å². The average molecular weight is 741 g/mol. The number of carboxylic acid groups (broad SMARTS) is 1. The third-order valence-electron chi connectivity index (χ3n) is 10.8. The Morgan fingerprint density at radius 2 is 1.54 bits per heavy atom. The summed E-state index contributed by atoms with van der Waals surface area (Å²) in [5.41, 5.74) is 5.91. The molecule has 2 aromatic carbocycles. The van der Waals surface area contributed by atoms with Crippen LogP contribution >= 0.6 is 0 Å². The molecule has 0 unspecified atom stereocenters. The van der Waals surface area contributed by atoms with Gasteiger partial charge in [-0.3, -0.25) is 14.5 Å². The van der Waals surface area contributed by atoms with Crippen molar-refractivity contribution < 1.29 is 29.0 Å². The maximum atomic E-state index is 13.6. The summed E-state index contributed by atoms with van der Waals surface area (Å²) >= 11 is 0. The van der Waals surface area contributed by atoms with Crippen LogP contribution in [0.25, 0.3) is 22.2 Å². The highest BCUT2D eigenvalue weighted by Crippen LogP contribution is 2.35. The van der Waals surface area contributed by atoms with E-state index in [1.54, 1.807) is 4.90 Å². The third kappa shape index (κ3) is 8.07. The molecule has 4 atom stereocenters. The number of aryl methyl sites for hydroxylation is 2. The van der Waals surface area contributed by atoms with E-state index in [-0.39, 0.29) is 35.7 Å². The van der Waals surface area contributed by atoms with Crippen LogP contribution in [0.2, 0.25) is 0 Å². The summed E-state index contributed by atoms with van der Waals surface area (Å²) in [7, 11) is 2.74. The average Bonchev–Trinajstić information content (AvgIpc) is 3.98. The molecule has 288 valence electrons. The molecule has 14 heteroatoms. The molecule has 14 nitrogen and oxygen atoms in total. The van der Waals surface area contributed by atoms with Crippen molar-refractivity contribution >= 4 is 35.0 Å². The molecule has 4 heterocycles. The second kappa shape index (κ2) is 16.3. The molecule has 2 fully saturated rings. The van der Waals surface area contributed by atoms with Gasteiger partial charge in [-0.2, -0.15) is 0 Å². The number of carbonyl (C=O) groups excluding carboxylic acids is 3. The van der Waals surface area contributed by atoms with Gasteiger partial charge in [-0.1, -0.05) is 58.0 Å². The van der Waals surface area contributed by atoms with Crippen molar-refractivity contribution in [3.63, 3.8) is 0 Å². The summed E-state index contributed by atoms with van der Waals surface area (Å²) in [6.45, 7) is 8.71. The lowest BCUT2D eigenvalue weighted by Crippen LogP contribution is -2.51. The highest BCUT2D eigenvalue weighted by Gasteiger charge is 2.40. The molecule has 0 radical (unpaired) electrons. The molecular weight excluding hydrogens is 688 g/mol. The first kappa shape index (κ1) is 38.3. The van der Waals surface area contributed by atoms with Gasteiger partial charge in [-0.25, -0.2) is 19.6 Å². The van der Waals surface area contributed by atoms with Crippen LogP contribution in [0.4, 0.5) is 9.59 Å². The van der Waals surface area contributed by atoms with Crippen LogP contribution in [0.15, 0.2) is 48.7 Å². The number of benzene rings is 2. The molecule has 0 spiro atoms. The Hall–Kier alpha value is -5.40. The van der Waals surface area contributed by atoms with E-state index in [0.29, 0.717) is 13.1 Å². The van der Waals surface area contributed by atoms with Crippen molar-refractivity contribution in [2.24, 2.45) is 11.8 Å². The molecular formula is C40H52N8O6. The molecule has 4 aromatic rings. The highest BCUT2D eigenvalue weighted by atomic mass is 16.5. The molecule has 2 aliphatic rings. The second-order valence-corrected chi connectivity index (χ2v) is 15.1. The van der Waals surface area contributed by atoms with Gasteiger partial charge in [0, 0.05) is 26.3 Å². The number of aromatic nitrogens is 4. The summed E-state index contributed by atoms with van der Waals surface area (Å²) < 4.78 is 4.76. The lowest BCUT2D eigenvalue weighted by atomic mass is 10.0. The van der Waals surface area contributed by atoms with Gasteiger partial charge in [-0.05, 0) is 79.2 Å². The van der Waals surface area contributed by atoms with Crippen molar-refractivity contribution in [2.75, 3.05) is 27.2 Å². The largest absolute Gasteiger partial charge is 0.465 e. The van der Waals surface area contributed by atoms with Crippen molar-refractivity contribution in [2.45, 2.75) is 90.4 Å². The summed E-state index contributed by atoms with van der Waals surface area (Å²) in [4.78, 5) is 72.0. The normalized spacial score (nSPS) is 18.4. The number of hydrogen-bond donors (Lipinski definition) is 4. The predicted octanol–water partition coefficient (Wildman–Crippen LogP) is 6.08. The molecule has 0 saturated carbocycles. The Kier molecular flexibility index (Phi) is 11.6. The van der Waals surface area contributed by atoms with Gasteiger partial charge in [0.05, 0.1) is 35.9 Å². The highest BCUT2D eigenvalue weighted by molar-refractivity contribution is 5.87. The minimum Gasteiger partial charge on any atom is -0.465 e. The molecule has 2 aromatic heterocycles. The number of hydrogen-bond acceptors (Lipinski definition) is 7. The van der Waals surface area contributed by atoms with Gasteiger partial charge in [0.25, 0.3) is 0 Å². The number of fused-ring (bicyclic) bond motifs is 1. The number of likely N-dealkylation sites (tertiary alicyclic amines) is 2. The van der Waals surface area contributed by atoms with Gasteiger partial charge >= 0.3 is 12.2 Å². The van der Waals surface area contributed by atoms with Gasteiger partial charge < -0.3 is 34.9 Å². The monoisotopic (exact) mass is 740 g/mol. The molecule has 0 aliphatic carbocycles. The standard InChI is InChI=1S/C40H52N8O6/c1-23(2)33(45-39(51)54-6)37(49)47-19-8-10-32(47)36-43-29-18-16-27(21-30(29)44-36)26-14-11-25(12-15-26)13-17-28-22-41-35(42-28)31-9-7-20-48(31)38(50)34(24(3)4)46(5)40(52)53/h11-12,14-16,18,21-24,31-34H,7-10,13,17,19-20H2,1-6H3,(H,41,42)(H,43,44)(H,45,51)(H,52,53)/t31-,32-,33-,34-/m0/s1.